The first-order chi connectivity index (χ1) is 5.75. The van der Waals surface area contributed by atoms with Crippen LogP contribution in [0.25, 0.3) is 0 Å². The third-order valence-corrected chi connectivity index (χ3v) is 1.71. The van der Waals surface area contributed by atoms with E-state index in [4.69, 9.17) is 5.41 Å². The van der Waals surface area contributed by atoms with Gasteiger partial charge in [-0.05, 0) is 17.6 Å². The van der Waals surface area contributed by atoms with Crippen molar-refractivity contribution in [2.24, 2.45) is 10.9 Å². The first kappa shape index (κ1) is 8.71. The molecule has 1 aliphatic rings. The monoisotopic (exact) mass is 163 g/mol. The zero-order chi connectivity index (χ0) is 8.97. The average Bonchev–Trinajstić information content (AvgIpc) is 2.07. The molecule has 0 fully saturated rings. The van der Waals surface area contributed by atoms with Crippen molar-refractivity contribution in [3.63, 3.8) is 0 Å². The molecule has 3 heteroatoms. The van der Waals surface area contributed by atoms with Crippen molar-refractivity contribution >= 4 is 12.6 Å². The lowest BCUT2D eigenvalue weighted by Gasteiger charge is -2.12. The molecule has 0 atom stereocenters. The Kier molecular flexibility index (Phi) is 2.80. The maximum absolute atomic E-state index is 7.23. The topological polar surface area (TPSA) is 48.2 Å². The van der Waals surface area contributed by atoms with Crippen LogP contribution in [0.15, 0.2) is 28.5 Å². The fraction of sp³-hybridized carbons (Fsp3) is 0.333. The maximum Gasteiger partial charge on any atom is 0.0923 e. The average molecular weight is 163 g/mol. The number of hydrogen-bond donors (Lipinski definition) is 2. The molecule has 1 rings (SSSR count). The van der Waals surface area contributed by atoms with E-state index in [9.17, 15) is 0 Å². The lowest BCUT2D eigenvalue weighted by atomic mass is 10.0. The molecule has 0 aromatic rings. The normalized spacial score (nSPS) is 19.2. The second-order valence-electron chi connectivity index (χ2n) is 2.91. The van der Waals surface area contributed by atoms with Gasteiger partial charge in [0, 0.05) is 18.1 Å². The van der Waals surface area contributed by atoms with Gasteiger partial charge < -0.3 is 10.7 Å². The molecular formula is C9H13N3. The van der Waals surface area contributed by atoms with Gasteiger partial charge in [0.2, 0.25) is 0 Å². The maximum atomic E-state index is 7.23. The molecule has 0 bridgehead atoms. The Balaban J connectivity index is 2.93. The number of hydrogen-bond acceptors (Lipinski definition) is 3. The van der Waals surface area contributed by atoms with Gasteiger partial charge in [-0.2, -0.15) is 0 Å². The molecule has 12 heavy (non-hydrogen) atoms. The highest BCUT2D eigenvalue weighted by Crippen LogP contribution is 2.12. The van der Waals surface area contributed by atoms with Crippen LogP contribution in [0.5, 0.6) is 0 Å². The molecule has 0 aromatic heterocycles. The third kappa shape index (κ3) is 1.81. The highest BCUT2D eigenvalue weighted by Gasteiger charge is 2.06. The number of nitrogens with zero attached hydrogens (tertiary/aromatic N) is 1. The van der Waals surface area contributed by atoms with Crippen molar-refractivity contribution in [2.75, 3.05) is 0 Å². The predicted octanol–water partition coefficient (Wildman–Crippen LogP) is 1.69. The summed E-state index contributed by atoms with van der Waals surface area (Å²) in [5.41, 5.74) is 1.97. The Hall–Kier alpha value is -1.38. The van der Waals surface area contributed by atoms with Gasteiger partial charge in [0.1, 0.15) is 0 Å². The van der Waals surface area contributed by atoms with Gasteiger partial charge >= 0.3 is 0 Å². The van der Waals surface area contributed by atoms with Gasteiger partial charge in [-0.15, -0.1) is 0 Å². The van der Waals surface area contributed by atoms with Crippen molar-refractivity contribution in [2.45, 2.75) is 13.8 Å². The fourth-order valence-electron chi connectivity index (χ4n) is 1.05. The van der Waals surface area contributed by atoms with Gasteiger partial charge in [0.25, 0.3) is 0 Å². The van der Waals surface area contributed by atoms with Gasteiger partial charge in [-0.1, -0.05) is 13.8 Å². The van der Waals surface area contributed by atoms with E-state index in [0.717, 1.165) is 11.3 Å². The van der Waals surface area contributed by atoms with Gasteiger partial charge in [-0.25, -0.2) is 4.99 Å². The molecule has 0 saturated heterocycles. The summed E-state index contributed by atoms with van der Waals surface area (Å²) in [5.74, 6) is 0.362. The van der Waals surface area contributed by atoms with E-state index in [1.807, 2.05) is 6.08 Å². The van der Waals surface area contributed by atoms with Crippen LogP contribution in [-0.2, 0) is 0 Å². The summed E-state index contributed by atoms with van der Waals surface area (Å²) in [6.07, 6.45) is 6.61. The van der Waals surface area contributed by atoms with Crippen LogP contribution in [0.4, 0.5) is 0 Å². The Morgan fingerprint density at radius 3 is 2.83 bits per heavy atom. The molecule has 1 aliphatic heterocycles. The van der Waals surface area contributed by atoms with Crippen LogP contribution in [0.3, 0.4) is 0 Å². The van der Waals surface area contributed by atoms with Crippen LogP contribution in [0.2, 0.25) is 0 Å². The minimum absolute atomic E-state index is 0.362. The third-order valence-electron chi connectivity index (χ3n) is 1.71. The van der Waals surface area contributed by atoms with Crippen molar-refractivity contribution < 1.29 is 0 Å². The summed E-state index contributed by atoms with van der Waals surface area (Å²) in [6.45, 7) is 4.13. The molecule has 1 heterocycles. The summed E-state index contributed by atoms with van der Waals surface area (Å²) < 4.78 is 0. The predicted molar refractivity (Wildman–Crippen MR) is 51.4 cm³/mol. The van der Waals surface area contributed by atoms with E-state index in [0.29, 0.717) is 5.92 Å². The quantitative estimate of drug-likeness (QED) is 0.598. The molecule has 0 saturated carbocycles. The molecule has 0 amide bonds. The standard InChI is InChI=1S/C9H13N3/c1-7(2)8(5-10)9-3-4-11-6-12-9/h3-7,10H,1-2H3,(H,11,12)/b9-8+,10-5?. The van der Waals surface area contributed by atoms with E-state index in [-0.39, 0.29) is 0 Å². The lowest BCUT2D eigenvalue weighted by molar-refractivity contribution is 0.790. The minimum atomic E-state index is 0.362. The molecular weight excluding hydrogens is 150 g/mol. The molecule has 0 radical (unpaired) electrons. The van der Waals surface area contributed by atoms with Crippen LogP contribution < -0.4 is 5.32 Å². The van der Waals surface area contributed by atoms with Crippen molar-refractivity contribution in [3.8, 4) is 0 Å². The summed E-state index contributed by atoms with van der Waals surface area (Å²) >= 11 is 0. The summed E-state index contributed by atoms with van der Waals surface area (Å²) in [4.78, 5) is 3.88. The smallest absolute Gasteiger partial charge is 0.0923 e. The van der Waals surface area contributed by atoms with Crippen LogP contribution >= 0.6 is 0 Å². The number of rotatable bonds is 2. The Labute approximate surface area is 72.4 Å². The zero-order valence-corrected chi connectivity index (χ0v) is 7.33. The second kappa shape index (κ2) is 3.85. The molecule has 0 aliphatic carbocycles. The van der Waals surface area contributed by atoms with E-state index < -0.39 is 0 Å². The Bertz CT molecular complexity index is 259. The second-order valence-corrected chi connectivity index (χ2v) is 2.91. The van der Waals surface area contributed by atoms with Crippen LogP contribution in [0, 0.1) is 11.3 Å². The largest absolute Gasteiger partial charge is 0.346 e. The molecule has 0 spiro atoms. The highest BCUT2D eigenvalue weighted by atomic mass is 15.0. The van der Waals surface area contributed by atoms with Crippen LogP contribution in [0.1, 0.15) is 13.8 Å². The van der Waals surface area contributed by atoms with Crippen LogP contribution in [-0.4, -0.2) is 12.6 Å². The molecule has 64 valence electrons. The van der Waals surface area contributed by atoms with Crippen molar-refractivity contribution in [3.05, 3.63) is 23.5 Å². The van der Waals surface area contributed by atoms with E-state index in [2.05, 4.69) is 24.2 Å². The molecule has 0 aromatic carbocycles. The van der Waals surface area contributed by atoms with Gasteiger partial charge in [0.15, 0.2) is 0 Å². The summed E-state index contributed by atoms with van der Waals surface area (Å²) in [7, 11) is 0. The van der Waals surface area contributed by atoms with Gasteiger partial charge in [0.05, 0.1) is 6.34 Å². The van der Waals surface area contributed by atoms with Gasteiger partial charge in [-0.3, -0.25) is 0 Å². The number of aliphatic imine (C=N–C) groups is 1. The first-order valence-corrected chi connectivity index (χ1v) is 3.95. The minimum Gasteiger partial charge on any atom is -0.346 e. The van der Waals surface area contributed by atoms with Crippen molar-refractivity contribution in [1.29, 1.82) is 5.41 Å². The number of nitrogens with one attached hydrogen (secondary N) is 2. The molecule has 0 unspecified atom stereocenters. The summed E-state index contributed by atoms with van der Waals surface area (Å²) in [5, 5.41) is 10.2. The highest BCUT2D eigenvalue weighted by molar-refractivity contribution is 5.80. The Morgan fingerprint density at radius 1 is 1.67 bits per heavy atom. The van der Waals surface area contributed by atoms with E-state index in [1.165, 1.54) is 6.21 Å². The molecule has 3 nitrogen and oxygen atoms in total. The first-order valence-electron chi connectivity index (χ1n) is 3.95. The van der Waals surface area contributed by atoms with E-state index in [1.54, 1.807) is 12.5 Å². The van der Waals surface area contributed by atoms with Crippen molar-refractivity contribution in [1.82, 2.24) is 5.32 Å². The van der Waals surface area contributed by atoms with E-state index >= 15 is 0 Å². The SMILES string of the molecule is CC(C)/C(C=N)=C1\C=CN=CN1. The Morgan fingerprint density at radius 2 is 2.42 bits per heavy atom. The molecule has 2 N–H and O–H groups in total. The zero-order valence-electron chi connectivity index (χ0n) is 7.33. The fourth-order valence-corrected chi connectivity index (χ4v) is 1.05. The summed E-state index contributed by atoms with van der Waals surface area (Å²) in [6, 6.07) is 0. The number of allylic oxidation sites excluding steroid dienone is 2. The lowest BCUT2D eigenvalue weighted by Crippen LogP contribution is -2.16.